The normalized spacial score (nSPS) is 13.8. The van der Waals surface area contributed by atoms with Crippen molar-refractivity contribution in [3.05, 3.63) is 46.7 Å². The zero-order chi connectivity index (χ0) is 13.9. The molecule has 1 aliphatic rings. The molecule has 0 unspecified atom stereocenters. The van der Waals surface area contributed by atoms with E-state index in [1.807, 2.05) is 24.3 Å². The average molecular weight is 333 g/mol. The van der Waals surface area contributed by atoms with Gasteiger partial charge in [0.25, 0.3) is 5.91 Å². The number of nitrogens with zero attached hydrogens (tertiary/aromatic N) is 2. The van der Waals surface area contributed by atoms with Crippen LogP contribution in [-0.4, -0.2) is 21.9 Å². The quantitative estimate of drug-likeness (QED) is 0.902. The summed E-state index contributed by atoms with van der Waals surface area (Å²) in [6.07, 6.45) is 5.39. The van der Waals surface area contributed by atoms with Crippen LogP contribution >= 0.6 is 15.9 Å². The lowest BCUT2D eigenvalue weighted by molar-refractivity contribution is 0.102. The molecule has 0 aliphatic heterocycles. The molecule has 1 amide bonds. The fourth-order valence-corrected chi connectivity index (χ4v) is 1.93. The van der Waals surface area contributed by atoms with Gasteiger partial charge in [0.2, 0.25) is 5.95 Å². The first-order chi connectivity index (χ1) is 9.70. The Morgan fingerprint density at radius 3 is 2.40 bits per heavy atom. The standard InChI is InChI=1S/C14H13BrN4O/c15-10-1-3-11(4-2-10)18-13(20)9-7-16-14(17-8-9)19-12-5-6-12/h1-4,7-8,12H,5-6H2,(H,18,20)(H,16,17,19). The van der Waals surface area contributed by atoms with Crippen molar-refractivity contribution in [2.75, 3.05) is 10.6 Å². The van der Waals surface area contributed by atoms with Gasteiger partial charge in [0, 0.05) is 28.6 Å². The second-order valence-electron chi connectivity index (χ2n) is 4.67. The lowest BCUT2D eigenvalue weighted by Gasteiger charge is -2.06. The van der Waals surface area contributed by atoms with E-state index in [2.05, 4.69) is 36.5 Å². The predicted octanol–water partition coefficient (Wildman–Crippen LogP) is 3.07. The van der Waals surface area contributed by atoms with Gasteiger partial charge < -0.3 is 10.6 Å². The topological polar surface area (TPSA) is 66.9 Å². The molecule has 1 heterocycles. The minimum absolute atomic E-state index is 0.217. The van der Waals surface area contributed by atoms with E-state index in [1.165, 1.54) is 12.4 Å². The van der Waals surface area contributed by atoms with E-state index in [9.17, 15) is 4.79 Å². The van der Waals surface area contributed by atoms with Crippen molar-refractivity contribution in [3.63, 3.8) is 0 Å². The molecule has 0 bridgehead atoms. The van der Waals surface area contributed by atoms with Crippen LogP contribution in [0, 0.1) is 0 Å². The van der Waals surface area contributed by atoms with Gasteiger partial charge in [0.1, 0.15) is 0 Å². The van der Waals surface area contributed by atoms with Crippen LogP contribution in [0.4, 0.5) is 11.6 Å². The molecule has 2 aromatic rings. The Morgan fingerprint density at radius 2 is 1.80 bits per heavy atom. The van der Waals surface area contributed by atoms with Crippen molar-refractivity contribution < 1.29 is 4.79 Å². The molecule has 6 heteroatoms. The van der Waals surface area contributed by atoms with Crippen LogP contribution in [0.3, 0.4) is 0 Å². The molecule has 1 fully saturated rings. The Balaban J connectivity index is 1.65. The number of carbonyl (C=O) groups is 1. The minimum atomic E-state index is -0.217. The molecular formula is C14H13BrN4O. The highest BCUT2D eigenvalue weighted by molar-refractivity contribution is 9.10. The maximum atomic E-state index is 12.0. The number of anilines is 2. The second-order valence-corrected chi connectivity index (χ2v) is 5.59. The van der Waals surface area contributed by atoms with Crippen LogP contribution in [-0.2, 0) is 0 Å². The van der Waals surface area contributed by atoms with E-state index in [1.54, 1.807) is 0 Å². The van der Waals surface area contributed by atoms with Gasteiger partial charge in [-0.2, -0.15) is 0 Å². The Morgan fingerprint density at radius 1 is 1.15 bits per heavy atom. The molecule has 102 valence electrons. The SMILES string of the molecule is O=C(Nc1ccc(Br)cc1)c1cnc(NC2CC2)nc1. The van der Waals surface area contributed by atoms with Crippen molar-refractivity contribution in [2.24, 2.45) is 0 Å². The lowest BCUT2D eigenvalue weighted by Crippen LogP contribution is -2.13. The lowest BCUT2D eigenvalue weighted by atomic mass is 10.3. The first-order valence-electron chi connectivity index (χ1n) is 6.36. The predicted molar refractivity (Wildman–Crippen MR) is 80.8 cm³/mol. The number of carbonyl (C=O) groups excluding carboxylic acids is 1. The third-order valence-corrected chi connectivity index (χ3v) is 3.46. The van der Waals surface area contributed by atoms with E-state index >= 15 is 0 Å². The average Bonchev–Trinajstić information content (AvgIpc) is 3.26. The zero-order valence-electron chi connectivity index (χ0n) is 10.6. The Hall–Kier alpha value is -1.95. The number of rotatable bonds is 4. The Kier molecular flexibility index (Phi) is 3.64. The van der Waals surface area contributed by atoms with Crippen LogP contribution < -0.4 is 10.6 Å². The summed E-state index contributed by atoms with van der Waals surface area (Å²) in [5.74, 6) is 0.359. The molecule has 1 aromatic heterocycles. The Bertz CT molecular complexity index is 608. The van der Waals surface area contributed by atoms with Gasteiger partial charge in [-0.15, -0.1) is 0 Å². The highest BCUT2D eigenvalue weighted by Crippen LogP contribution is 2.22. The van der Waals surface area contributed by atoms with Crippen LogP contribution in [0.2, 0.25) is 0 Å². The molecule has 0 radical (unpaired) electrons. The van der Waals surface area contributed by atoms with E-state index in [0.29, 0.717) is 17.6 Å². The first-order valence-corrected chi connectivity index (χ1v) is 7.15. The molecule has 3 rings (SSSR count). The first kappa shape index (κ1) is 13.1. The number of benzene rings is 1. The van der Waals surface area contributed by atoms with E-state index in [4.69, 9.17) is 0 Å². The largest absolute Gasteiger partial charge is 0.351 e. The number of hydrogen-bond donors (Lipinski definition) is 2. The van der Waals surface area contributed by atoms with Crippen molar-refractivity contribution in [3.8, 4) is 0 Å². The van der Waals surface area contributed by atoms with Crippen LogP contribution in [0.1, 0.15) is 23.2 Å². The molecule has 1 saturated carbocycles. The molecular weight excluding hydrogens is 320 g/mol. The Labute approximate surface area is 125 Å². The number of nitrogens with one attached hydrogen (secondary N) is 2. The number of amides is 1. The summed E-state index contributed by atoms with van der Waals surface area (Å²) in [6.45, 7) is 0. The van der Waals surface area contributed by atoms with Crippen LogP contribution in [0.25, 0.3) is 0 Å². The third kappa shape index (κ3) is 3.33. The summed E-state index contributed by atoms with van der Waals surface area (Å²) >= 11 is 3.35. The molecule has 0 spiro atoms. The molecule has 1 aliphatic carbocycles. The van der Waals surface area contributed by atoms with Gasteiger partial charge in [-0.1, -0.05) is 15.9 Å². The maximum Gasteiger partial charge on any atom is 0.258 e. The third-order valence-electron chi connectivity index (χ3n) is 2.93. The summed E-state index contributed by atoms with van der Waals surface area (Å²) in [5, 5.41) is 5.98. The van der Waals surface area contributed by atoms with Crippen molar-refractivity contribution >= 4 is 33.5 Å². The summed E-state index contributed by atoms with van der Waals surface area (Å²) in [6, 6.07) is 7.89. The number of aromatic nitrogens is 2. The molecule has 5 nitrogen and oxygen atoms in total. The van der Waals surface area contributed by atoms with Crippen molar-refractivity contribution in [1.82, 2.24) is 9.97 Å². The second kappa shape index (κ2) is 5.58. The minimum Gasteiger partial charge on any atom is -0.351 e. The van der Waals surface area contributed by atoms with E-state index in [-0.39, 0.29) is 5.91 Å². The smallest absolute Gasteiger partial charge is 0.258 e. The van der Waals surface area contributed by atoms with Crippen LogP contribution in [0.5, 0.6) is 0 Å². The monoisotopic (exact) mass is 332 g/mol. The molecule has 2 N–H and O–H groups in total. The van der Waals surface area contributed by atoms with Crippen molar-refractivity contribution in [1.29, 1.82) is 0 Å². The fraction of sp³-hybridized carbons (Fsp3) is 0.214. The number of hydrogen-bond acceptors (Lipinski definition) is 4. The molecule has 1 aromatic carbocycles. The van der Waals surface area contributed by atoms with Crippen LogP contribution in [0.15, 0.2) is 41.1 Å². The van der Waals surface area contributed by atoms with Crippen molar-refractivity contribution in [2.45, 2.75) is 18.9 Å². The van der Waals surface area contributed by atoms with E-state index < -0.39 is 0 Å². The fourth-order valence-electron chi connectivity index (χ4n) is 1.67. The van der Waals surface area contributed by atoms with Gasteiger partial charge in [-0.05, 0) is 37.1 Å². The molecule has 0 atom stereocenters. The highest BCUT2D eigenvalue weighted by Gasteiger charge is 2.21. The maximum absolute atomic E-state index is 12.0. The van der Waals surface area contributed by atoms with E-state index in [0.717, 1.165) is 23.0 Å². The van der Waals surface area contributed by atoms with Gasteiger partial charge >= 0.3 is 0 Å². The molecule has 0 saturated heterocycles. The molecule has 20 heavy (non-hydrogen) atoms. The van der Waals surface area contributed by atoms with Gasteiger partial charge in [-0.25, -0.2) is 9.97 Å². The highest BCUT2D eigenvalue weighted by atomic mass is 79.9. The zero-order valence-corrected chi connectivity index (χ0v) is 12.2. The summed E-state index contributed by atoms with van der Waals surface area (Å²) < 4.78 is 0.967. The summed E-state index contributed by atoms with van der Waals surface area (Å²) in [7, 11) is 0. The van der Waals surface area contributed by atoms with Gasteiger partial charge in [-0.3, -0.25) is 4.79 Å². The summed E-state index contributed by atoms with van der Waals surface area (Å²) in [5.41, 5.74) is 1.17. The number of halogens is 1. The van der Waals surface area contributed by atoms with Gasteiger partial charge in [0.15, 0.2) is 0 Å². The van der Waals surface area contributed by atoms with Gasteiger partial charge in [0.05, 0.1) is 5.56 Å². The summed E-state index contributed by atoms with van der Waals surface area (Å²) in [4.78, 5) is 20.3.